The van der Waals surface area contributed by atoms with Gasteiger partial charge in [-0.25, -0.2) is 4.79 Å². The highest BCUT2D eigenvalue weighted by atomic mass is 16.5. The number of fused-ring (bicyclic) bond motifs is 3. The number of carboxylic acids is 1. The second-order valence-corrected chi connectivity index (χ2v) is 7.72. The van der Waals surface area contributed by atoms with Crippen LogP contribution in [0.4, 0.5) is 0 Å². The Labute approximate surface area is 188 Å². The van der Waals surface area contributed by atoms with E-state index in [4.69, 9.17) is 14.2 Å². The van der Waals surface area contributed by atoms with Crippen molar-refractivity contribution < 1.29 is 33.7 Å². The molecule has 1 atom stereocenters. The minimum atomic E-state index is -1.03. The van der Waals surface area contributed by atoms with Crippen LogP contribution in [0.25, 0.3) is 6.08 Å². The van der Waals surface area contributed by atoms with E-state index in [0.29, 0.717) is 28.4 Å². The lowest BCUT2D eigenvalue weighted by Gasteiger charge is -2.26. The van der Waals surface area contributed by atoms with Crippen LogP contribution in [0.5, 0.6) is 17.2 Å². The Kier molecular flexibility index (Phi) is 4.94. The third kappa shape index (κ3) is 3.63. The Morgan fingerprint density at radius 2 is 1.73 bits per heavy atom. The molecule has 3 aromatic rings. The number of Topliss-reactive ketones (excluding diaryl/α,β-unsaturated/α-hetero) is 1. The number of aromatic carboxylic acids is 1. The van der Waals surface area contributed by atoms with Crippen LogP contribution in [0.2, 0.25) is 0 Å². The molecule has 33 heavy (non-hydrogen) atoms. The van der Waals surface area contributed by atoms with Crippen molar-refractivity contribution >= 4 is 23.8 Å². The van der Waals surface area contributed by atoms with Crippen LogP contribution < -0.4 is 14.2 Å². The van der Waals surface area contributed by atoms with E-state index < -0.39 is 17.9 Å². The van der Waals surface area contributed by atoms with E-state index in [1.807, 2.05) is 12.1 Å². The van der Waals surface area contributed by atoms with Gasteiger partial charge in [-0.15, -0.1) is 0 Å². The first-order valence-electron chi connectivity index (χ1n) is 10.2. The number of esters is 1. The van der Waals surface area contributed by atoms with Gasteiger partial charge in [0.05, 0.1) is 24.7 Å². The van der Waals surface area contributed by atoms with Gasteiger partial charge in [-0.05, 0) is 53.6 Å². The minimum absolute atomic E-state index is 0.0466. The van der Waals surface area contributed by atoms with Crippen LogP contribution in [0.3, 0.4) is 0 Å². The maximum Gasteiger partial charge on any atom is 0.335 e. The fourth-order valence-corrected chi connectivity index (χ4v) is 4.10. The summed E-state index contributed by atoms with van der Waals surface area (Å²) in [6.07, 6.45) is 1.70. The predicted octanol–water partition coefficient (Wildman–Crippen LogP) is 4.45. The molecule has 2 aliphatic rings. The SMILES string of the molecule is COc1ccc(/C=C2\Oc3c(ccc4c3[C@@H](c3ccc(C(=O)O)cc3)CC(=O)O4)C2=O)cc1. The summed E-state index contributed by atoms with van der Waals surface area (Å²) in [4.78, 5) is 36.5. The van der Waals surface area contributed by atoms with Gasteiger partial charge in [0.1, 0.15) is 17.2 Å². The molecule has 0 saturated heterocycles. The highest BCUT2D eigenvalue weighted by molar-refractivity contribution is 6.15. The number of carbonyl (C=O) groups excluding carboxylic acids is 2. The number of benzene rings is 3. The zero-order chi connectivity index (χ0) is 23.1. The van der Waals surface area contributed by atoms with Crippen molar-refractivity contribution in [1.82, 2.24) is 0 Å². The van der Waals surface area contributed by atoms with Crippen molar-refractivity contribution in [3.63, 3.8) is 0 Å². The Balaban J connectivity index is 1.56. The van der Waals surface area contributed by atoms with Crippen LogP contribution in [-0.4, -0.2) is 29.9 Å². The van der Waals surface area contributed by atoms with E-state index in [9.17, 15) is 19.5 Å². The van der Waals surface area contributed by atoms with Crippen LogP contribution in [-0.2, 0) is 4.79 Å². The van der Waals surface area contributed by atoms with Crippen molar-refractivity contribution in [1.29, 1.82) is 0 Å². The minimum Gasteiger partial charge on any atom is -0.497 e. The molecule has 0 amide bonds. The van der Waals surface area contributed by atoms with Crippen molar-refractivity contribution in [2.75, 3.05) is 7.11 Å². The van der Waals surface area contributed by atoms with Crippen LogP contribution >= 0.6 is 0 Å². The molecular formula is C26H18O7. The molecule has 0 radical (unpaired) electrons. The van der Waals surface area contributed by atoms with Gasteiger partial charge in [0, 0.05) is 11.5 Å². The number of hydrogen-bond acceptors (Lipinski definition) is 6. The lowest BCUT2D eigenvalue weighted by atomic mass is 9.84. The van der Waals surface area contributed by atoms with Crippen molar-refractivity contribution in [2.45, 2.75) is 12.3 Å². The smallest absolute Gasteiger partial charge is 0.335 e. The standard InChI is InChI=1S/C26H18O7/c1-31-17-8-2-14(3-9-17)12-21-24(28)18-10-11-20-23(25(18)33-21)19(13-22(27)32-20)15-4-6-16(7-5-15)26(29)30/h2-12,19H,13H2,1H3,(H,29,30)/b21-12-/t19-/m1/s1. The Morgan fingerprint density at radius 3 is 2.39 bits per heavy atom. The molecule has 0 saturated carbocycles. The van der Waals surface area contributed by atoms with Crippen molar-refractivity contribution in [3.8, 4) is 17.2 Å². The van der Waals surface area contributed by atoms with Gasteiger partial charge in [-0.3, -0.25) is 9.59 Å². The first-order chi connectivity index (χ1) is 15.9. The highest BCUT2D eigenvalue weighted by Crippen LogP contribution is 2.49. The number of ether oxygens (including phenoxy) is 3. The number of methoxy groups -OCH3 is 1. The van der Waals surface area contributed by atoms with Gasteiger partial charge in [-0.1, -0.05) is 24.3 Å². The molecule has 7 heteroatoms. The highest BCUT2D eigenvalue weighted by Gasteiger charge is 2.38. The summed E-state index contributed by atoms with van der Waals surface area (Å²) in [7, 11) is 1.58. The molecule has 0 bridgehead atoms. The maximum atomic E-state index is 13.0. The van der Waals surface area contributed by atoms with E-state index in [-0.39, 0.29) is 23.5 Å². The average molecular weight is 442 g/mol. The molecule has 0 fully saturated rings. The fourth-order valence-electron chi connectivity index (χ4n) is 4.10. The molecule has 2 aliphatic heterocycles. The quantitative estimate of drug-likeness (QED) is 0.362. The van der Waals surface area contributed by atoms with Crippen LogP contribution in [0.15, 0.2) is 66.4 Å². The summed E-state index contributed by atoms with van der Waals surface area (Å²) in [6.45, 7) is 0. The fraction of sp³-hybridized carbons (Fsp3) is 0.115. The Hall–Kier alpha value is -4.39. The number of rotatable bonds is 4. The van der Waals surface area contributed by atoms with E-state index in [2.05, 4.69) is 0 Å². The third-order valence-corrected chi connectivity index (χ3v) is 5.75. The molecule has 0 spiro atoms. The molecule has 0 aliphatic carbocycles. The normalized spacial score (nSPS) is 17.7. The lowest BCUT2D eigenvalue weighted by Crippen LogP contribution is -2.21. The molecule has 0 unspecified atom stereocenters. The maximum absolute atomic E-state index is 13.0. The average Bonchev–Trinajstić information content (AvgIpc) is 3.14. The molecule has 0 aromatic heterocycles. The molecule has 3 aromatic carbocycles. The molecule has 1 N–H and O–H groups in total. The summed E-state index contributed by atoms with van der Waals surface area (Å²) in [5.41, 5.74) is 2.63. The lowest BCUT2D eigenvalue weighted by molar-refractivity contribution is -0.135. The zero-order valence-corrected chi connectivity index (χ0v) is 17.5. The van der Waals surface area contributed by atoms with E-state index in [0.717, 1.165) is 11.1 Å². The van der Waals surface area contributed by atoms with Gasteiger partial charge in [0.2, 0.25) is 5.78 Å². The molecule has 5 rings (SSSR count). The van der Waals surface area contributed by atoms with Gasteiger partial charge >= 0.3 is 11.9 Å². The van der Waals surface area contributed by atoms with Gasteiger partial charge < -0.3 is 19.3 Å². The topological polar surface area (TPSA) is 99.1 Å². The molecule has 7 nitrogen and oxygen atoms in total. The van der Waals surface area contributed by atoms with Gasteiger partial charge in [0.15, 0.2) is 5.76 Å². The molecule has 2 heterocycles. The van der Waals surface area contributed by atoms with Gasteiger partial charge in [0.25, 0.3) is 0 Å². The number of hydrogen-bond donors (Lipinski definition) is 1. The second kappa shape index (κ2) is 7.94. The summed E-state index contributed by atoms with van der Waals surface area (Å²) in [5, 5.41) is 9.18. The monoisotopic (exact) mass is 442 g/mol. The summed E-state index contributed by atoms with van der Waals surface area (Å²) >= 11 is 0. The van der Waals surface area contributed by atoms with Crippen LogP contribution in [0, 0.1) is 0 Å². The number of carbonyl (C=O) groups is 3. The summed E-state index contributed by atoms with van der Waals surface area (Å²) in [5.74, 6) is -0.589. The van der Waals surface area contributed by atoms with Gasteiger partial charge in [-0.2, -0.15) is 0 Å². The van der Waals surface area contributed by atoms with Crippen LogP contribution in [0.1, 0.15) is 49.7 Å². The summed E-state index contributed by atoms with van der Waals surface area (Å²) in [6, 6.07) is 16.7. The van der Waals surface area contributed by atoms with Crippen molar-refractivity contribution in [3.05, 3.63) is 94.2 Å². The predicted molar refractivity (Wildman–Crippen MR) is 118 cm³/mol. The van der Waals surface area contributed by atoms with E-state index >= 15 is 0 Å². The first-order valence-corrected chi connectivity index (χ1v) is 10.2. The largest absolute Gasteiger partial charge is 0.497 e. The van der Waals surface area contributed by atoms with E-state index in [1.54, 1.807) is 49.6 Å². The molecular weight excluding hydrogens is 424 g/mol. The second-order valence-electron chi connectivity index (χ2n) is 7.72. The number of allylic oxidation sites excluding steroid dienone is 1. The molecule has 164 valence electrons. The Morgan fingerprint density at radius 1 is 1.00 bits per heavy atom. The number of ketones is 1. The first kappa shape index (κ1) is 20.5. The van der Waals surface area contributed by atoms with E-state index in [1.165, 1.54) is 12.1 Å². The third-order valence-electron chi connectivity index (χ3n) is 5.75. The Bertz CT molecular complexity index is 1320. The van der Waals surface area contributed by atoms with Crippen molar-refractivity contribution in [2.24, 2.45) is 0 Å². The zero-order valence-electron chi connectivity index (χ0n) is 17.5. The number of carboxylic acid groups (broad SMARTS) is 1. The summed E-state index contributed by atoms with van der Waals surface area (Å²) < 4.78 is 16.6.